The van der Waals surface area contributed by atoms with Crippen LogP contribution in [0.5, 0.6) is 0 Å². The molecule has 0 aromatic heterocycles. The van der Waals surface area contributed by atoms with Gasteiger partial charge in [-0.25, -0.2) is 14.4 Å². The molecule has 0 saturated carbocycles. The smallest absolute Gasteiger partial charge is 0.167 e. The molecule has 0 fully saturated rings. The lowest BCUT2D eigenvalue weighted by Crippen LogP contribution is -2.40. The molecule has 2 aliphatic rings. The molecule has 0 atom stereocenters. The monoisotopic (exact) mass is 230 g/mol. The summed E-state index contributed by atoms with van der Waals surface area (Å²) in [6.45, 7) is -0.221. The number of allylic oxidation sites excluding steroid dienone is 1. The molecule has 0 unspecified atom stereocenters. The van der Waals surface area contributed by atoms with Gasteiger partial charge in [-0.05, 0) is 6.08 Å². The van der Waals surface area contributed by atoms with E-state index >= 15 is 0 Å². The SMILES string of the molecule is COCN1C=C2N=C(CF)C=C(S)N2N1. The minimum atomic E-state index is -0.598. The third-order valence-corrected chi connectivity index (χ3v) is 2.25. The molecule has 2 aliphatic heterocycles. The van der Waals surface area contributed by atoms with Crippen molar-refractivity contribution in [2.75, 3.05) is 20.5 Å². The van der Waals surface area contributed by atoms with Gasteiger partial charge >= 0.3 is 0 Å². The summed E-state index contributed by atoms with van der Waals surface area (Å²) in [4.78, 5) is 4.09. The Morgan fingerprint density at radius 3 is 3.13 bits per heavy atom. The maximum absolute atomic E-state index is 12.4. The fourth-order valence-electron chi connectivity index (χ4n) is 1.32. The third-order valence-electron chi connectivity index (χ3n) is 1.92. The molecular formula is C8H11FN4OS. The van der Waals surface area contributed by atoms with Crippen molar-refractivity contribution in [1.82, 2.24) is 15.6 Å². The van der Waals surface area contributed by atoms with Gasteiger partial charge in [0.15, 0.2) is 5.82 Å². The van der Waals surface area contributed by atoms with E-state index in [1.54, 1.807) is 29.4 Å². The van der Waals surface area contributed by atoms with Gasteiger partial charge in [-0.15, -0.1) is 18.2 Å². The molecule has 15 heavy (non-hydrogen) atoms. The summed E-state index contributed by atoms with van der Waals surface area (Å²) in [5.41, 5.74) is 3.33. The molecule has 0 aromatic rings. The van der Waals surface area contributed by atoms with E-state index in [1.807, 2.05) is 0 Å². The van der Waals surface area contributed by atoms with E-state index in [0.29, 0.717) is 23.3 Å². The van der Waals surface area contributed by atoms with Gasteiger partial charge in [-0.1, -0.05) is 0 Å². The second kappa shape index (κ2) is 4.21. The predicted octanol–water partition coefficient (Wildman–Crippen LogP) is 0.622. The zero-order valence-electron chi connectivity index (χ0n) is 8.14. The van der Waals surface area contributed by atoms with Gasteiger partial charge in [0, 0.05) is 7.11 Å². The van der Waals surface area contributed by atoms with Crippen LogP contribution < -0.4 is 5.53 Å². The molecule has 2 rings (SSSR count). The number of alkyl halides is 1. The number of aliphatic imine (C=N–C) groups is 1. The molecule has 0 aromatic carbocycles. The van der Waals surface area contributed by atoms with Crippen LogP contribution >= 0.6 is 12.6 Å². The van der Waals surface area contributed by atoms with Gasteiger partial charge in [0.25, 0.3) is 0 Å². The van der Waals surface area contributed by atoms with E-state index in [-0.39, 0.29) is 0 Å². The number of rotatable bonds is 3. The molecule has 2 heterocycles. The van der Waals surface area contributed by atoms with Crippen LogP contribution in [0.1, 0.15) is 0 Å². The highest BCUT2D eigenvalue weighted by atomic mass is 32.1. The summed E-state index contributed by atoms with van der Waals surface area (Å²) < 4.78 is 17.4. The van der Waals surface area contributed by atoms with Gasteiger partial charge in [0.1, 0.15) is 13.4 Å². The van der Waals surface area contributed by atoms with Crippen LogP contribution in [0, 0.1) is 0 Å². The summed E-state index contributed by atoms with van der Waals surface area (Å²) in [6, 6.07) is 0. The summed E-state index contributed by atoms with van der Waals surface area (Å²) >= 11 is 4.23. The standard InChI is InChI=1S/C8H11FN4OS/c1-14-5-12-4-7-10-6(3-9)2-8(15)13(7)11-12/h2,4,11,15H,3,5H2,1H3. The Kier molecular flexibility index (Phi) is 2.94. The van der Waals surface area contributed by atoms with Crippen LogP contribution in [-0.2, 0) is 4.74 Å². The van der Waals surface area contributed by atoms with Crippen LogP contribution in [0.15, 0.2) is 28.1 Å². The average molecular weight is 230 g/mol. The lowest BCUT2D eigenvalue weighted by molar-refractivity contribution is 0.0363. The molecular weight excluding hydrogens is 219 g/mol. The lowest BCUT2D eigenvalue weighted by atomic mass is 10.3. The number of ether oxygens (including phenoxy) is 1. The van der Waals surface area contributed by atoms with E-state index in [9.17, 15) is 4.39 Å². The van der Waals surface area contributed by atoms with Gasteiger partial charge < -0.3 is 4.74 Å². The van der Waals surface area contributed by atoms with Crippen LogP contribution in [0.2, 0.25) is 0 Å². The molecule has 0 bridgehead atoms. The first kappa shape index (κ1) is 10.5. The van der Waals surface area contributed by atoms with Gasteiger partial charge in [-0.3, -0.25) is 5.01 Å². The number of hydrogen-bond donors (Lipinski definition) is 2. The van der Waals surface area contributed by atoms with Gasteiger partial charge in [-0.2, -0.15) is 0 Å². The second-order valence-corrected chi connectivity index (χ2v) is 3.51. The molecule has 1 N–H and O–H groups in total. The van der Waals surface area contributed by atoms with E-state index in [2.05, 4.69) is 23.2 Å². The number of halogens is 1. The van der Waals surface area contributed by atoms with Crippen molar-refractivity contribution in [2.45, 2.75) is 0 Å². The Bertz CT molecular complexity index is 355. The molecule has 5 nitrogen and oxygen atoms in total. The summed E-state index contributed by atoms with van der Waals surface area (Å²) in [5.74, 6) is 0.604. The predicted molar refractivity (Wildman–Crippen MR) is 57.3 cm³/mol. The van der Waals surface area contributed by atoms with Crippen LogP contribution in [0.3, 0.4) is 0 Å². The van der Waals surface area contributed by atoms with E-state index in [1.165, 1.54) is 0 Å². The second-order valence-electron chi connectivity index (χ2n) is 3.05. The molecule has 0 amide bonds. The molecule has 0 saturated heterocycles. The highest BCUT2D eigenvalue weighted by Crippen LogP contribution is 2.24. The fraction of sp³-hybridized carbons (Fsp3) is 0.375. The van der Waals surface area contributed by atoms with E-state index in [4.69, 9.17) is 4.74 Å². The van der Waals surface area contributed by atoms with Crippen molar-refractivity contribution >= 4 is 18.3 Å². The Morgan fingerprint density at radius 2 is 2.47 bits per heavy atom. The third kappa shape index (κ3) is 1.99. The van der Waals surface area contributed by atoms with Crippen LogP contribution in [0.4, 0.5) is 4.39 Å². The molecule has 82 valence electrons. The maximum Gasteiger partial charge on any atom is 0.167 e. The number of hydrogen-bond acceptors (Lipinski definition) is 6. The summed E-state index contributed by atoms with van der Waals surface area (Å²) in [5, 5.41) is 3.92. The Hall–Kier alpha value is -1.05. The first-order valence-corrected chi connectivity index (χ1v) is 4.77. The molecule has 0 spiro atoms. The zero-order chi connectivity index (χ0) is 10.8. The number of thiol groups is 1. The molecule has 7 heteroatoms. The van der Waals surface area contributed by atoms with E-state index < -0.39 is 6.67 Å². The number of hydrazine groups is 2. The Balaban J connectivity index is 2.19. The minimum Gasteiger partial charge on any atom is -0.363 e. The van der Waals surface area contributed by atoms with E-state index in [0.717, 1.165) is 0 Å². The average Bonchev–Trinajstić information content (AvgIpc) is 2.61. The number of nitrogens with one attached hydrogen (secondary N) is 1. The first-order valence-electron chi connectivity index (χ1n) is 4.32. The van der Waals surface area contributed by atoms with Crippen molar-refractivity contribution in [1.29, 1.82) is 0 Å². The van der Waals surface area contributed by atoms with Crippen molar-refractivity contribution in [3.05, 3.63) is 23.1 Å². The first-order chi connectivity index (χ1) is 7.24. The minimum absolute atomic E-state index is 0.364. The fourth-order valence-corrected chi connectivity index (χ4v) is 1.62. The highest BCUT2D eigenvalue weighted by molar-refractivity contribution is 7.84. The van der Waals surface area contributed by atoms with Crippen LogP contribution in [-0.4, -0.2) is 36.2 Å². The quantitative estimate of drug-likeness (QED) is 0.697. The van der Waals surface area contributed by atoms with Crippen molar-refractivity contribution in [2.24, 2.45) is 4.99 Å². The van der Waals surface area contributed by atoms with Crippen molar-refractivity contribution in [3.63, 3.8) is 0 Å². The zero-order valence-corrected chi connectivity index (χ0v) is 9.04. The highest BCUT2D eigenvalue weighted by Gasteiger charge is 2.25. The molecule has 0 radical (unpaired) electrons. The summed E-state index contributed by atoms with van der Waals surface area (Å²) in [7, 11) is 1.59. The van der Waals surface area contributed by atoms with Gasteiger partial charge in [0.05, 0.1) is 16.9 Å². The van der Waals surface area contributed by atoms with Crippen molar-refractivity contribution < 1.29 is 9.13 Å². The topological polar surface area (TPSA) is 40.1 Å². The largest absolute Gasteiger partial charge is 0.363 e. The summed E-state index contributed by atoms with van der Waals surface area (Å²) in [6.07, 6.45) is 3.30. The Morgan fingerprint density at radius 1 is 1.67 bits per heavy atom. The van der Waals surface area contributed by atoms with Crippen LogP contribution in [0.25, 0.3) is 0 Å². The Labute approximate surface area is 92.2 Å². The number of fused-ring (bicyclic) bond motifs is 1. The number of nitrogens with zero attached hydrogens (tertiary/aromatic N) is 3. The van der Waals surface area contributed by atoms with Gasteiger partial charge in [0.2, 0.25) is 0 Å². The number of methoxy groups -OCH3 is 1. The van der Waals surface area contributed by atoms with Crippen molar-refractivity contribution in [3.8, 4) is 0 Å². The molecule has 0 aliphatic carbocycles. The normalized spacial score (nSPS) is 19.8. The lowest BCUT2D eigenvalue weighted by Gasteiger charge is -2.24. The maximum atomic E-state index is 12.4.